The summed E-state index contributed by atoms with van der Waals surface area (Å²) >= 11 is 3.49. The van der Waals surface area contributed by atoms with Gasteiger partial charge in [0.1, 0.15) is 0 Å². The van der Waals surface area contributed by atoms with E-state index in [1.54, 1.807) is 0 Å². The second-order valence-electron chi connectivity index (χ2n) is 3.69. The highest BCUT2D eigenvalue weighted by molar-refractivity contribution is 9.10. The Balaban J connectivity index is 2.78. The number of unbranched alkanes of at least 4 members (excludes halogenated alkanes) is 1. The Kier molecular flexibility index (Phi) is 5.03. The maximum absolute atomic E-state index is 11.7. The van der Waals surface area contributed by atoms with Gasteiger partial charge in [-0.3, -0.25) is 4.79 Å². The molecule has 0 aliphatic heterocycles. The van der Waals surface area contributed by atoms with Crippen LogP contribution in [0.2, 0.25) is 0 Å². The maximum atomic E-state index is 11.7. The average Bonchev–Trinajstić information content (AvgIpc) is 2.25. The largest absolute Gasteiger partial charge is 0.294 e. The van der Waals surface area contributed by atoms with Crippen LogP contribution in [-0.2, 0) is 6.42 Å². The van der Waals surface area contributed by atoms with E-state index in [0.717, 1.165) is 29.3 Å². The number of benzene rings is 1. The van der Waals surface area contributed by atoms with E-state index in [0.29, 0.717) is 6.42 Å². The number of carbonyl (C=O) groups excluding carboxylic acids is 1. The van der Waals surface area contributed by atoms with Gasteiger partial charge >= 0.3 is 0 Å². The molecule has 0 aliphatic rings. The molecule has 1 aromatic rings. The molecule has 0 N–H and O–H groups in total. The molecule has 1 nitrogen and oxygen atoms in total. The normalized spacial score (nSPS) is 10.3. The maximum Gasteiger partial charge on any atom is 0.162 e. The summed E-state index contributed by atoms with van der Waals surface area (Å²) in [7, 11) is 0. The minimum Gasteiger partial charge on any atom is -0.294 e. The molecule has 0 saturated heterocycles. The molecule has 0 radical (unpaired) electrons. The number of hydrogen-bond donors (Lipinski definition) is 0. The van der Waals surface area contributed by atoms with Crippen LogP contribution in [0.3, 0.4) is 0 Å². The van der Waals surface area contributed by atoms with Crippen molar-refractivity contribution in [2.45, 2.75) is 39.5 Å². The fourth-order valence-corrected chi connectivity index (χ4v) is 2.15. The SMILES string of the molecule is CCCCC(=O)c1ccc(CC)c(Br)c1. The Morgan fingerprint density at radius 3 is 2.60 bits per heavy atom. The molecule has 1 rings (SSSR count). The molecule has 0 amide bonds. The van der Waals surface area contributed by atoms with Gasteiger partial charge in [-0.25, -0.2) is 0 Å². The summed E-state index contributed by atoms with van der Waals surface area (Å²) in [6.45, 7) is 4.21. The van der Waals surface area contributed by atoms with Crippen molar-refractivity contribution >= 4 is 21.7 Å². The van der Waals surface area contributed by atoms with Gasteiger partial charge in [-0.15, -0.1) is 0 Å². The number of aryl methyl sites for hydroxylation is 1. The van der Waals surface area contributed by atoms with E-state index in [9.17, 15) is 4.79 Å². The van der Waals surface area contributed by atoms with Gasteiger partial charge in [-0.1, -0.05) is 48.3 Å². The third-order valence-electron chi connectivity index (χ3n) is 2.51. The van der Waals surface area contributed by atoms with Crippen LogP contribution in [0.5, 0.6) is 0 Å². The zero-order chi connectivity index (χ0) is 11.3. The third-order valence-corrected chi connectivity index (χ3v) is 3.25. The monoisotopic (exact) mass is 268 g/mol. The second-order valence-corrected chi connectivity index (χ2v) is 4.54. The van der Waals surface area contributed by atoms with E-state index in [-0.39, 0.29) is 5.78 Å². The average molecular weight is 269 g/mol. The van der Waals surface area contributed by atoms with Gasteiger partial charge in [-0.2, -0.15) is 0 Å². The van der Waals surface area contributed by atoms with Crippen LogP contribution in [0.1, 0.15) is 49.0 Å². The second kappa shape index (κ2) is 6.06. The summed E-state index contributed by atoms with van der Waals surface area (Å²) in [4.78, 5) is 11.7. The minimum atomic E-state index is 0.250. The first-order chi connectivity index (χ1) is 7.19. The molecule has 1 aromatic carbocycles. The van der Waals surface area contributed by atoms with Crippen LogP contribution in [-0.4, -0.2) is 5.78 Å². The first kappa shape index (κ1) is 12.4. The fraction of sp³-hybridized carbons (Fsp3) is 0.462. The standard InChI is InChI=1S/C13H17BrO/c1-3-5-6-13(15)11-8-7-10(4-2)12(14)9-11/h7-9H,3-6H2,1-2H3. The molecule has 0 unspecified atom stereocenters. The molecule has 0 aliphatic carbocycles. The van der Waals surface area contributed by atoms with E-state index < -0.39 is 0 Å². The lowest BCUT2D eigenvalue weighted by molar-refractivity contribution is 0.0979. The predicted molar refractivity (Wildman–Crippen MR) is 67.4 cm³/mol. The van der Waals surface area contributed by atoms with Crippen molar-refractivity contribution in [3.63, 3.8) is 0 Å². The quantitative estimate of drug-likeness (QED) is 0.725. The molecular formula is C13H17BrO. The summed E-state index contributed by atoms with van der Waals surface area (Å²) in [6, 6.07) is 5.90. The minimum absolute atomic E-state index is 0.250. The number of rotatable bonds is 5. The third kappa shape index (κ3) is 3.45. The van der Waals surface area contributed by atoms with Crippen molar-refractivity contribution < 1.29 is 4.79 Å². The van der Waals surface area contributed by atoms with Crippen LogP contribution in [0.15, 0.2) is 22.7 Å². The molecule has 2 heteroatoms. The lowest BCUT2D eigenvalue weighted by Crippen LogP contribution is -1.99. The van der Waals surface area contributed by atoms with Gasteiger partial charge in [0.25, 0.3) is 0 Å². The highest BCUT2D eigenvalue weighted by atomic mass is 79.9. The van der Waals surface area contributed by atoms with Crippen LogP contribution >= 0.6 is 15.9 Å². The zero-order valence-corrected chi connectivity index (χ0v) is 10.9. The Labute approximate surface area is 100 Å². The van der Waals surface area contributed by atoms with Gasteiger partial charge in [0.15, 0.2) is 5.78 Å². The topological polar surface area (TPSA) is 17.1 Å². The molecule has 0 atom stereocenters. The lowest BCUT2D eigenvalue weighted by Gasteiger charge is -2.04. The van der Waals surface area contributed by atoms with Crippen LogP contribution in [0, 0.1) is 0 Å². The Morgan fingerprint density at radius 1 is 1.33 bits per heavy atom. The molecule has 0 aromatic heterocycles. The Bertz CT molecular complexity index is 344. The number of Topliss-reactive ketones (excluding diaryl/α,β-unsaturated/α-hetero) is 1. The van der Waals surface area contributed by atoms with E-state index in [4.69, 9.17) is 0 Å². The van der Waals surface area contributed by atoms with Gasteiger partial charge in [0, 0.05) is 16.5 Å². The molecular weight excluding hydrogens is 252 g/mol. The fourth-order valence-electron chi connectivity index (χ4n) is 1.49. The number of hydrogen-bond acceptors (Lipinski definition) is 1. The molecule has 0 fully saturated rings. The van der Waals surface area contributed by atoms with Crippen molar-refractivity contribution in [2.75, 3.05) is 0 Å². The number of halogens is 1. The number of ketones is 1. The van der Waals surface area contributed by atoms with Crippen molar-refractivity contribution in [3.8, 4) is 0 Å². The van der Waals surface area contributed by atoms with Gasteiger partial charge < -0.3 is 0 Å². The van der Waals surface area contributed by atoms with Gasteiger partial charge in [-0.05, 0) is 24.5 Å². The smallest absolute Gasteiger partial charge is 0.162 e. The zero-order valence-electron chi connectivity index (χ0n) is 9.35. The van der Waals surface area contributed by atoms with Crippen molar-refractivity contribution in [2.24, 2.45) is 0 Å². The first-order valence-corrected chi connectivity index (χ1v) is 6.30. The summed E-state index contributed by atoms with van der Waals surface area (Å²) < 4.78 is 1.05. The molecule has 82 valence electrons. The van der Waals surface area contributed by atoms with Crippen LogP contribution in [0.4, 0.5) is 0 Å². The van der Waals surface area contributed by atoms with Gasteiger partial charge in [0.2, 0.25) is 0 Å². The Hall–Kier alpha value is -0.630. The van der Waals surface area contributed by atoms with E-state index >= 15 is 0 Å². The van der Waals surface area contributed by atoms with E-state index in [1.807, 2.05) is 18.2 Å². The van der Waals surface area contributed by atoms with Crippen LogP contribution < -0.4 is 0 Å². The summed E-state index contributed by atoms with van der Waals surface area (Å²) in [6.07, 6.45) is 3.70. The van der Waals surface area contributed by atoms with E-state index in [2.05, 4.69) is 29.8 Å². The van der Waals surface area contributed by atoms with E-state index in [1.165, 1.54) is 5.56 Å². The summed E-state index contributed by atoms with van der Waals surface area (Å²) in [5.74, 6) is 0.250. The van der Waals surface area contributed by atoms with Crippen LogP contribution in [0.25, 0.3) is 0 Å². The number of carbonyl (C=O) groups is 1. The molecule has 0 spiro atoms. The highest BCUT2D eigenvalue weighted by Gasteiger charge is 2.07. The Morgan fingerprint density at radius 2 is 2.07 bits per heavy atom. The first-order valence-electron chi connectivity index (χ1n) is 5.50. The lowest BCUT2D eigenvalue weighted by atomic mass is 10.0. The van der Waals surface area contributed by atoms with Crippen molar-refractivity contribution in [3.05, 3.63) is 33.8 Å². The predicted octanol–water partition coefficient (Wildman–Crippen LogP) is 4.38. The molecule has 15 heavy (non-hydrogen) atoms. The summed E-state index contributed by atoms with van der Waals surface area (Å²) in [5, 5.41) is 0. The highest BCUT2D eigenvalue weighted by Crippen LogP contribution is 2.20. The van der Waals surface area contributed by atoms with Gasteiger partial charge in [0.05, 0.1) is 0 Å². The molecule has 0 heterocycles. The van der Waals surface area contributed by atoms with Crippen molar-refractivity contribution in [1.82, 2.24) is 0 Å². The summed E-state index contributed by atoms with van der Waals surface area (Å²) in [5.41, 5.74) is 2.08. The molecule has 0 bridgehead atoms. The molecule has 0 saturated carbocycles. The van der Waals surface area contributed by atoms with Crippen molar-refractivity contribution in [1.29, 1.82) is 0 Å².